The molecule has 1 aromatic rings. The van der Waals surface area contributed by atoms with Gasteiger partial charge in [-0.1, -0.05) is 37.5 Å². The average Bonchev–Trinajstić information content (AvgIpc) is 2.68. The second-order valence-corrected chi connectivity index (χ2v) is 7.31. The van der Waals surface area contributed by atoms with E-state index in [-0.39, 0.29) is 5.91 Å². The topological polar surface area (TPSA) is 76.8 Å². The van der Waals surface area contributed by atoms with Gasteiger partial charge in [0.2, 0.25) is 5.91 Å². The molecule has 6 nitrogen and oxygen atoms in total. The Labute approximate surface area is 156 Å². The number of amides is 1. The average molecular weight is 361 g/mol. The van der Waals surface area contributed by atoms with Crippen LogP contribution in [-0.4, -0.2) is 55.8 Å². The summed E-state index contributed by atoms with van der Waals surface area (Å²) >= 11 is 0. The summed E-state index contributed by atoms with van der Waals surface area (Å²) < 4.78 is 11.3. The molecule has 1 heterocycles. The molecule has 144 valence electrons. The van der Waals surface area contributed by atoms with Gasteiger partial charge >= 0.3 is 0 Å². The number of nitrogens with two attached hydrogens (primary N) is 1. The first-order valence-electron chi connectivity index (χ1n) is 9.75. The summed E-state index contributed by atoms with van der Waals surface area (Å²) in [6.07, 6.45) is 4.79. The van der Waals surface area contributed by atoms with Crippen LogP contribution in [0.5, 0.6) is 5.75 Å². The minimum Gasteiger partial charge on any atom is -0.492 e. The van der Waals surface area contributed by atoms with Crippen LogP contribution in [0.1, 0.15) is 37.7 Å². The Kier molecular flexibility index (Phi) is 6.88. The Balaban J connectivity index is 1.49. The van der Waals surface area contributed by atoms with E-state index in [1.54, 1.807) is 0 Å². The second kappa shape index (κ2) is 9.35. The molecule has 1 amide bonds. The first-order chi connectivity index (χ1) is 12.7. The van der Waals surface area contributed by atoms with Gasteiger partial charge in [0.15, 0.2) is 0 Å². The maximum absolute atomic E-state index is 12.5. The first-order valence-corrected chi connectivity index (χ1v) is 9.75. The van der Waals surface area contributed by atoms with Gasteiger partial charge in [0.25, 0.3) is 0 Å². The fourth-order valence-electron chi connectivity index (χ4n) is 3.66. The van der Waals surface area contributed by atoms with E-state index in [0.717, 1.165) is 69.8 Å². The number of benzene rings is 1. The summed E-state index contributed by atoms with van der Waals surface area (Å²) in [4.78, 5) is 14.9. The number of rotatable bonds is 7. The summed E-state index contributed by atoms with van der Waals surface area (Å²) in [5.41, 5.74) is 6.59. The van der Waals surface area contributed by atoms with Crippen molar-refractivity contribution in [3.8, 4) is 5.75 Å². The van der Waals surface area contributed by atoms with E-state index in [2.05, 4.69) is 10.2 Å². The van der Waals surface area contributed by atoms with E-state index in [1.165, 1.54) is 6.42 Å². The SMILES string of the molecule is NC1(C(=O)NCc2ccccc2OCCN2CCOCC2)CCCCC1. The van der Waals surface area contributed by atoms with Crippen molar-refractivity contribution in [1.82, 2.24) is 10.2 Å². The summed E-state index contributed by atoms with van der Waals surface area (Å²) in [7, 11) is 0. The number of ether oxygens (including phenoxy) is 2. The summed E-state index contributed by atoms with van der Waals surface area (Å²) in [6.45, 7) is 5.47. The monoisotopic (exact) mass is 361 g/mol. The van der Waals surface area contributed by atoms with Gasteiger partial charge in [-0.3, -0.25) is 9.69 Å². The largest absolute Gasteiger partial charge is 0.492 e. The number of morpholine rings is 1. The molecule has 0 unspecified atom stereocenters. The van der Waals surface area contributed by atoms with Crippen molar-refractivity contribution in [2.45, 2.75) is 44.2 Å². The summed E-state index contributed by atoms with van der Waals surface area (Å²) in [5.74, 6) is 0.788. The maximum Gasteiger partial charge on any atom is 0.240 e. The van der Waals surface area contributed by atoms with Gasteiger partial charge in [-0.25, -0.2) is 0 Å². The van der Waals surface area contributed by atoms with Crippen LogP contribution in [0.15, 0.2) is 24.3 Å². The Morgan fingerprint density at radius 1 is 1.19 bits per heavy atom. The Morgan fingerprint density at radius 3 is 2.69 bits per heavy atom. The molecule has 2 fully saturated rings. The maximum atomic E-state index is 12.5. The highest BCUT2D eigenvalue weighted by atomic mass is 16.5. The Bertz CT molecular complexity index is 581. The molecule has 0 spiro atoms. The first kappa shape index (κ1) is 19.1. The minimum absolute atomic E-state index is 0.0414. The van der Waals surface area contributed by atoms with Crippen molar-refractivity contribution in [3.05, 3.63) is 29.8 Å². The van der Waals surface area contributed by atoms with E-state index in [9.17, 15) is 4.79 Å². The summed E-state index contributed by atoms with van der Waals surface area (Å²) in [6, 6.07) is 7.88. The van der Waals surface area contributed by atoms with Gasteiger partial charge in [-0.15, -0.1) is 0 Å². The van der Waals surface area contributed by atoms with E-state index >= 15 is 0 Å². The van der Waals surface area contributed by atoms with Crippen LogP contribution in [0, 0.1) is 0 Å². The lowest BCUT2D eigenvalue weighted by molar-refractivity contribution is -0.127. The zero-order valence-electron chi connectivity index (χ0n) is 15.5. The number of hydrogen-bond acceptors (Lipinski definition) is 5. The number of hydrogen-bond donors (Lipinski definition) is 2. The minimum atomic E-state index is -0.704. The fourth-order valence-corrected chi connectivity index (χ4v) is 3.66. The van der Waals surface area contributed by atoms with Crippen LogP contribution in [0.4, 0.5) is 0 Å². The third-order valence-electron chi connectivity index (χ3n) is 5.38. The lowest BCUT2D eigenvalue weighted by Crippen LogP contribution is -2.54. The van der Waals surface area contributed by atoms with Crippen LogP contribution in [0.2, 0.25) is 0 Å². The van der Waals surface area contributed by atoms with E-state index < -0.39 is 5.54 Å². The molecule has 26 heavy (non-hydrogen) atoms. The molecule has 0 radical (unpaired) electrons. The normalized spacial score (nSPS) is 20.5. The number of nitrogens with one attached hydrogen (secondary N) is 1. The molecule has 0 bridgehead atoms. The van der Waals surface area contributed by atoms with E-state index in [4.69, 9.17) is 15.2 Å². The van der Waals surface area contributed by atoms with Crippen LogP contribution in [-0.2, 0) is 16.1 Å². The van der Waals surface area contributed by atoms with Crippen molar-refractivity contribution in [2.75, 3.05) is 39.5 Å². The Hall–Kier alpha value is -1.63. The van der Waals surface area contributed by atoms with Crippen molar-refractivity contribution >= 4 is 5.91 Å². The van der Waals surface area contributed by atoms with Gasteiger partial charge < -0.3 is 20.5 Å². The van der Waals surface area contributed by atoms with Gasteiger partial charge in [-0.2, -0.15) is 0 Å². The van der Waals surface area contributed by atoms with Crippen molar-refractivity contribution < 1.29 is 14.3 Å². The lowest BCUT2D eigenvalue weighted by atomic mass is 9.82. The van der Waals surface area contributed by atoms with Gasteiger partial charge in [0.05, 0.1) is 18.8 Å². The van der Waals surface area contributed by atoms with Crippen LogP contribution in [0.25, 0.3) is 0 Å². The predicted molar refractivity (Wildman–Crippen MR) is 101 cm³/mol. The highest BCUT2D eigenvalue weighted by molar-refractivity contribution is 5.86. The molecule has 2 aliphatic rings. The van der Waals surface area contributed by atoms with E-state index in [0.29, 0.717) is 13.2 Å². The molecule has 6 heteroatoms. The van der Waals surface area contributed by atoms with Crippen LogP contribution in [0.3, 0.4) is 0 Å². The lowest BCUT2D eigenvalue weighted by Gasteiger charge is -2.31. The molecule has 1 saturated heterocycles. The third-order valence-corrected chi connectivity index (χ3v) is 5.38. The Morgan fingerprint density at radius 2 is 1.92 bits per heavy atom. The fraction of sp³-hybridized carbons (Fsp3) is 0.650. The zero-order valence-corrected chi connectivity index (χ0v) is 15.5. The molecule has 1 saturated carbocycles. The molecule has 1 aliphatic carbocycles. The van der Waals surface area contributed by atoms with Crippen molar-refractivity contribution in [1.29, 1.82) is 0 Å². The molecule has 1 aliphatic heterocycles. The van der Waals surface area contributed by atoms with Crippen LogP contribution >= 0.6 is 0 Å². The van der Waals surface area contributed by atoms with Crippen molar-refractivity contribution in [3.63, 3.8) is 0 Å². The summed E-state index contributed by atoms with van der Waals surface area (Å²) in [5, 5.41) is 3.02. The molecule has 0 atom stereocenters. The molecule has 1 aromatic carbocycles. The van der Waals surface area contributed by atoms with Gasteiger partial charge in [0.1, 0.15) is 12.4 Å². The smallest absolute Gasteiger partial charge is 0.240 e. The number of nitrogens with zero attached hydrogens (tertiary/aromatic N) is 1. The number of carbonyl (C=O) groups excluding carboxylic acids is 1. The number of para-hydroxylation sites is 1. The van der Waals surface area contributed by atoms with E-state index in [1.807, 2.05) is 24.3 Å². The second-order valence-electron chi connectivity index (χ2n) is 7.31. The van der Waals surface area contributed by atoms with Crippen molar-refractivity contribution in [2.24, 2.45) is 5.73 Å². The standard InChI is InChI=1S/C20H31N3O3/c21-20(8-4-1-5-9-20)19(24)22-16-17-6-2-3-7-18(17)26-15-12-23-10-13-25-14-11-23/h2-3,6-7H,1,4-5,8-16,21H2,(H,22,24). The molecule has 3 N–H and O–H groups in total. The van der Waals surface area contributed by atoms with Gasteiger partial charge in [-0.05, 0) is 18.9 Å². The quantitative estimate of drug-likeness (QED) is 0.773. The van der Waals surface area contributed by atoms with Gasteiger partial charge in [0, 0.05) is 31.7 Å². The highest BCUT2D eigenvalue weighted by Gasteiger charge is 2.35. The van der Waals surface area contributed by atoms with Crippen LogP contribution < -0.4 is 15.8 Å². The number of carbonyl (C=O) groups is 1. The predicted octanol–water partition coefficient (Wildman–Crippen LogP) is 1.68. The molecular formula is C20H31N3O3. The molecular weight excluding hydrogens is 330 g/mol. The zero-order chi connectivity index (χ0) is 18.2. The molecule has 3 rings (SSSR count). The highest BCUT2D eigenvalue weighted by Crippen LogP contribution is 2.26. The molecule has 0 aromatic heterocycles. The third kappa shape index (κ3) is 5.19.